The summed E-state index contributed by atoms with van der Waals surface area (Å²) in [5.41, 5.74) is 0. The number of nitrogens with zero attached hydrogens (tertiary/aromatic N) is 2. The van der Waals surface area contributed by atoms with Crippen LogP contribution in [-0.4, -0.2) is 39.1 Å². The van der Waals surface area contributed by atoms with Crippen molar-refractivity contribution in [3.8, 4) is 0 Å². The zero-order valence-corrected chi connectivity index (χ0v) is 10.4. The van der Waals surface area contributed by atoms with E-state index in [9.17, 15) is 4.79 Å². The average Bonchev–Trinajstić information content (AvgIpc) is 2.46. The van der Waals surface area contributed by atoms with E-state index in [0.29, 0.717) is 6.42 Å². The molecule has 2 heterocycles. The fourth-order valence-corrected chi connectivity index (χ4v) is 3.28. The van der Waals surface area contributed by atoms with E-state index < -0.39 is 0 Å². The lowest BCUT2D eigenvalue weighted by molar-refractivity contribution is -0.138. The zero-order valence-electron chi connectivity index (χ0n) is 8.78. The summed E-state index contributed by atoms with van der Waals surface area (Å²) >= 11 is 6.88. The lowest BCUT2D eigenvalue weighted by atomic mass is 10.2. The summed E-state index contributed by atoms with van der Waals surface area (Å²) in [7, 11) is 0. The molecule has 1 amide bonds. The Bertz CT molecular complexity index is 246. The third kappa shape index (κ3) is 2.71. The van der Waals surface area contributed by atoms with Crippen molar-refractivity contribution in [1.82, 2.24) is 10.0 Å². The van der Waals surface area contributed by atoms with Gasteiger partial charge in [-0.15, -0.1) is 0 Å². The standard InChI is InChI=1S/C10H16N2OS2/c13-9-5-8-15-10(14)12(9)11-6-3-1-2-4-7-11/h1-8H2. The van der Waals surface area contributed by atoms with Crippen molar-refractivity contribution in [3.63, 3.8) is 0 Å². The average molecular weight is 244 g/mol. The summed E-state index contributed by atoms with van der Waals surface area (Å²) in [6.45, 7) is 1.96. The number of thioether (sulfide) groups is 1. The van der Waals surface area contributed by atoms with E-state index in [-0.39, 0.29) is 5.91 Å². The Hall–Kier alpha value is -0.130. The highest BCUT2D eigenvalue weighted by atomic mass is 32.2. The summed E-state index contributed by atoms with van der Waals surface area (Å²) in [6.07, 6.45) is 5.53. The maximum absolute atomic E-state index is 11.8. The molecular formula is C10H16N2OS2. The molecule has 0 aromatic rings. The van der Waals surface area contributed by atoms with Gasteiger partial charge in [-0.05, 0) is 12.8 Å². The Kier molecular flexibility index (Phi) is 3.99. The van der Waals surface area contributed by atoms with Crippen molar-refractivity contribution in [2.24, 2.45) is 0 Å². The van der Waals surface area contributed by atoms with Crippen LogP contribution in [0.15, 0.2) is 0 Å². The fourth-order valence-electron chi connectivity index (χ4n) is 2.02. The summed E-state index contributed by atoms with van der Waals surface area (Å²) in [5, 5.41) is 3.89. The molecule has 2 aliphatic rings. The van der Waals surface area contributed by atoms with Crippen LogP contribution in [0.2, 0.25) is 0 Å². The van der Waals surface area contributed by atoms with Crippen LogP contribution in [0.3, 0.4) is 0 Å². The minimum Gasteiger partial charge on any atom is -0.273 e. The Labute approximate surface area is 100 Å². The van der Waals surface area contributed by atoms with E-state index in [4.69, 9.17) is 12.2 Å². The molecule has 2 rings (SSSR count). The fraction of sp³-hybridized carbons (Fsp3) is 0.800. The normalized spacial score (nSPS) is 25.5. The third-order valence-electron chi connectivity index (χ3n) is 2.82. The molecule has 0 aliphatic carbocycles. The monoisotopic (exact) mass is 244 g/mol. The van der Waals surface area contributed by atoms with E-state index in [0.717, 1.165) is 23.2 Å². The van der Waals surface area contributed by atoms with Crippen LogP contribution in [-0.2, 0) is 4.79 Å². The maximum atomic E-state index is 11.8. The Morgan fingerprint density at radius 3 is 2.40 bits per heavy atom. The highest BCUT2D eigenvalue weighted by Crippen LogP contribution is 2.23. The van der Waals surface area contributed by atoms with Gasteiger partial charge in [-0.25, -0.2) is 10.0 Å². The molecule has 15 heavy (non-hydrogen) atoms. The minimum absolute atomic E-state index is 0.181. The molecule has 0 saturated carbocycles. The number of hydrazine groups is 1. The largest absolute Gasteiger partial charge is 0.273 e. The molecule has 0 atom stereocenters. The van der Waals surface area contributed by atoms with Gasteiger partial charge in [-0.1, -0.05) is 36.8 Å². The van der Waals surface area contributed by atoms with Crippen molar-refractivity contribution >= 4 is 34.2 Å². The first-order valence-corrected chi connectivity index (χ1v) is 6.93. The summed E-state index contributed by atoms with van der Waals surface area (Å²) in [6, 6.07) is 0. The van der Waals surface area contributed by atoms with Crippen molar-refractivity contribution in [2.75, 3.05) is 18.8 Å². The number of rotatable bonds is 1. The number of thiocarbonyl (C=S) groups is 1. The van der Waals surface area contributed by atoms with Gasteiger partial charge in [0.2, 0.25) is 5.91 Å². The number of amides is 1. The molecule has 2 fully saturated rings. The number of hydrogen-bond donors (Lipinski definition) is 0. The first-order valence-electron chi connectivity index (χ1n) is 5.53. The molecule has 0 radical (unpaired) electrons. The van der Waals surface area contributed by atoms with E-state index in [1.807, 2.05) is 0 Å². The minimum atomic E-state index is 0.181. The predicted octanol–water partition coefficient (Wildman–Crippen LogP) is 2.03. The van der Waals surface area contributed by atoms with Gasteiger partial charge in [0.25, 0.3) is 0 Å². The lowest BCUT2D eigenvalue weighted by Crippen LogP contribution is -2.50. The molecule has 2 saturated heterocycles. The molecule has 2 aliphatic heterocycles. The second-order valence-electron chi connectivity index (χ2n) is 3.94. The highest BCUT2D eigenvalue weighted by molar-refractivity contribution is 8.23. The first-order chi connectivity index (χ1) is 7.29. The quantitative estimate of drug-likeness (QED) is 0.659. The SMILES string of the molecule is O=C1CCSC(=S)N1N1CCCCCC1. The maximum Gasteiger partial charge on any atom is 0.243 e. The first kappa shape index (κ1) is 11.4. The van der Waals surface area contributed by atoms with Crippen LogP contribution >= 0.6 is 24.0 Å². The zero-order chi connectivity index (χ0) is 10.7. The Balaban J connectivity index is 2.05. The topological polar surface area (TPSA) is 23.6 Å². The molecular weight excluding hydrogens is 228 g/mol. The Morgan fingerprint density at radius 1 is 1.13 bits per heavy atom. The summed E-state index contributed by atoms with van der Waals surface area (Å²) in [4.78, 5) is 11.8. The molecule has 5 heteroatoms. The van der Waals surface area contributed by atoms with Gasteiger partial charge in [0.05, 0.1) is 0 Å². The lowest BCUT2D eigenvalue weighted by Gasteiger charge is -2.36. The molecule has 0 unspecified atom stereocenters. The van der Waals surface area contributed by atoms with Crippen LogP contribution in [0.4, 0.5) is 0 Å². The number of carbonyl (C=O) groups excluding carboxylic acids is 1. The van der Waals surface area contributed by atoms with Crippen molar-refractivity contribution in [2.45, 2.75) is 32.1 Å². The van der Waals surface area contributed by atoms with Gasteiger partial charge in [0, 0.05) is 25.3 Å². The van der Waals surface area contributed by atoms with E-state index in [2.05, 4.69) is 5.01 Å². The van der Waals surface area contributed by atoms with Gasteiger partial charge in [0.15, 0.2) is 4.32 Å². The Morgan fingerprint density at radius 2 is 1.80 bits per heavy atom. The van der Waals surface area contributed by atoms with E-state index >= 15 is 0 Å². The molecule has 0 spiro atoms. The van der Waals surface area contributed by atoms with E-state index in [1.54, 1.807) is 16.8 Å². The van der Waals surface area contributed by atoms with Crippen molar-refractivity contribution in [1.29, 1.82) is 0 Å². The van der Waals surface area contributed by atoms with E-state index in [1.165, 1.54) is 25.7 Å². The van der Waals surface area contributed by atoms with Crippen molar-refractivity contribution in [3.05, 3.63) is 0 Å². The van der Waals surface area contributed by atoms with Crippen LogP contribution in [0.1, 0.15) is 32.1 Å². The predicted molar refractivity (Wildman–Crippen MR) is 66.6 cm³/mol. The van der Waals surface area contributed by atoms with Gasteiger partial charge < -0.3 is 0 Å². The van der Waals surface area contributed by atoms with Crippen LogP contribution in [0, 0.1) is 0 Å². The third-order valence-corrected chi connectivity index (χ3v) is 4.17. The van der Waals surface area contributed by atoms with Gasteiger partial charge >= 0.3 is 0 Å². The molecule has 0 aromatic carbocycles. The van der Waals surface area contributed by atoms with Gasteiger partial charge in [-0.3, -0.25) is 4.79 Å². The second kappa shape index (κ2) is 5.27. The van der Waals surface area contributed by atoms with Gasteiger partial charge in [-0.2, -0.15) is 0 Å². The van der Waals surface area contributed by atoms with Gasteiger partial charge in [0.1, 0.15) is 0 Å². The smallest absolute Gasteiger partial charge is 0.243 e. The highest BCUT2D eigenvalue weighted by Gasteiger charge is 2.29. The number of carbonyl (C=O) groups is 1. The van der Waals surface area contributed by atoms with Crippen molar-refractivity contribution < 1.29 is 4.79 Å². The molecule has 3 nitrogen and oxygen atoms in total. The number of hydrogen-bond acceptors (Lipinski definition) is 4. The van der Waals surface area contributed by atoms with Crippen LogP contribution in [0.5, 0.6) is 0 Å². The molecule has 0 N–H and O–H groups in total. The molecule has 0 aromatic heterocycles. The van der Waals surface area contributed by atoms with Crippen LogP contribution in [0.25, 0.3) is 0 Å². The second-order valence-corrected chi connectivity index (χ2v) is 5.67. The summed E-state index contributed by atoms with van der Waals surface area (Å²) in [5.74, 6) is 1.03. The van der Waals surface area contributed by atoms with Crippen LogP contribution < -0.4 is 0 Å². The molecule has 0 bridgehead atoms. The summed E-state index contributed by atoms with van der Waals surface area (Å²) < 4.78 is 0.744. The molecule has 84 valence electrons.